The summed E-state index contributed by atoms with van der Waals surface area (Å²) < 4.78 is 4.74. The summed E-state index contributed by atoms with van der Waals surface area (Å²) in [5.74, 6) is -1.07. The molecule has 15 heavy (non-hydrogen) atoms. The number of nitrogens with zero attached hydrogens (tertiary/aromatic N) is 2. The lowest BCUT2D eigenvalue weighted by Gasteiger charge is -2.09. The first-order valence-corrected chi connectivity index (χ1v) is 4.79. The van der Waals surface area contributed by atoms with E-state index in [9.17, 15) is 4.79 Å². The number of nitriles is 2. The van der Waals surface area contributed by atoms with Crippen LogP contribution in [0.5, 0.6) is 0 Å². The Labute approximate surface area is 89.8 Å². The van der Waals surface area contributed by atoms with E-state index in [1.54, 1.807) is 6.92 Å². The van der Waals surface area contributed by atoms with Gasteiger partial charge in [0.1, 0.15) is 0 Å². The molecule has 0 bridgehead atoms. The van der Waals surface area contributed by atoms with E-state index >= 15 is 0 Å². The molecule has 0 heterocycles. The minimum atomic E-state index is -0.544. The van der Waals surface area contributed by atoms with Crippen LogP contribution in [-0.4, -0.2) is 12.6 Å². The number of rotatable bonds is 6. The average molecular weight is 206 g/mol. The first-order valence-electron chi connectivity index (χ1n) is 4.79. The Balaban J connectivity index is 4.18. The highest BCUT2D eigenvalue weighted by atomic mass is 16.5. The van der Waals surface area contributed by atoms with Crippen LogP contribution in [0.25, 0.3) is 0 Å². The van der Waals surface area contributed by atoms with Crippen molar-refractivity contribution in [1.29, 1.82) is 10.5 Å². The van der Waals surface area contributed by atoms with Crippen LogP contribution in [0, 0.1) is 28.6 Å². The van der Waals surface area contributed by atoms with Crippen LogP contribution in [-0.2, 0) is 9.53 Å². The summed E-state index contributed by atoms with van der Waals surface area (Å²) in [6.45, 7) is 5.51. The van der Waals surface area contributed by atoms with Crippen molar-refractivity contribution in [3.63, 3.8) is 0 Å². The van der Waals surface area contributed by atoms with Gasteiger partial charge in [-0.25, -0.2) is 4.79 Å². The molecular weight excluding hydrogens is 192 g/mol. The summed E-state index contributed by atoms with van der Waals surface area (Å²) >= 11 is 0. The monoisotopic (exact) mass is 206 g/mol. The Morgan fingerprint density at radius 1 is 1.53 bits per heavy atom. The fourth-order valence-electron chi connectivity index (χ4n) is 1.07. The molecule has 4 heteroatoms. The van der Waals surface area contributed by atoms with Crippen LogP contribution >= 0.6 is 0 Å². The Kier molecular flexibility index (Phi) is 6.67. The summed E-state index contributed by atoms with van der Waals surface area (Å²) in [6.07, 6.45) is 1.45. The van der Waals surface area contributed by atoms with Gasteiger partial charge in [0.15, 0.2) is 0 Å². The molecule has 4 nitrogen and oxygen atoms in total. The molecule has 0 aromatic carbocycles. The van der Waals surface area contributed by atoms with Crippen LogP contribution < -0.4 is 0 Å². The second-order valence-corrected chi connectivity index (χ2v) is 2.98. The second kappa shape index (κ2) is 7.58. The third-order valence-electron chi connectivity index (χ3n) is 1.90. The van der Waals surface area contributed by atoms with Gasteiger partial charge in [0.25, 0.3) is 0 Å². The van der Waals surface area contributed by atoms with E-state index in [1.807, 2.05) is 12.1 Å². The maximum Gasteiger partial charge on any atom is 0.334 e. The predicted molar refractivity (Wildman–Crippen MR) is 54.3 cm³/mol. The standard InChI is InChI=1S/C11H14N2O2/c1-3-15-11(14)9(2)10(8-13)6-4-5-7-12/h10H,2-6H2,1H3. The average Bonchev–Trinajstić information content (AvgIpc) is 2.24. The lowest BCUT2D eigenvalue weighted by molar-refractivity contribution is -0.138. The normalized spacial score (nSPS) is 10.9. The van der Waals surface area contributed by atoms with Crippen molar-refractivity contribution < 1.29 is 9.53 Å². The van der Waals surface area contributed by atoms with E-state index in [0.717, 1.165) is 0 Å². The molecule has 0 amide bonds. The number of esters is 1. The third kappa shape index (κ3) is 4.83. The largest absolute Gasteiger partial charge is 0.463 e. The van der Waals surface area contributed by atoms with Gasteiger partial charge in [0.2, 0.25) is 0 Å². The van der Waals surface area contributed by atoms with Gasteiger partial charge in [-0.2, -0.15) is 10.5 Å². The number of unbranched alkanes of at least 4 members (excludes halogenated alkanes) is 1. The van der Waals surface area contributed by atoms with Crippen molar-refractivity contribution in [3.8, 4) is 12.1 Å². The predicted octanol–water partition coefficient (Wildman–Crippen LogP) is 1.94. The number of ether oxygens (including phenoxy) is 1. The minimum Gasteiger partial charge on any atom is -0.463 e. The maximum absolute atomic E-state index is 11.2. The first kappa shape index (κ1) is 13.2. The summed E-state index contributed by atoms with van der Waals surface area (Å²) in [6, 6.07) is 3.98. The van der Waals surface area contributed by atoms with Crippen molar-refractivity contribution in [1.82, 2.24) is 0 Å². The molecule has 0 aliphatic carbocycles. The smallest absolute Gasteiger partial charge is 0.334 e. The molecular formula is C11H14N2O2. The summed E-state index contributed by atoms with van der Waals surface area (Å²) in [4.78, 5) is 11.2. The van der Waals surface area contributed by atoms with Crippen LogP contribution in [0.1, 0.15) is 26.2 Å². The second-order valence-electron chi connectivity index (χ2n) is 2.98. The topological polar surface area (TPSA) is 73.9 Å². The van der Waals surface area contributed by atoms with E-state index in [0.29, 0.717) is 19.3 Å². The molecule has 0 rings (SSSR count). The minimum absolute atomic E-state index is 0.178. The zero-order chi connectivity index (χ0) is 11.7. The van der Waals surface area contributed by atoms with Gasteiger partial charge in [-0.1, -0.05) is 6.58 Å². The van der Waals surface area contributed by atoms with Gasteiger partial charge in [-0.3, -0.25) is 0 Å². The molecule has 0 spiro atoms. The first-order chi connectivity index (χ1) is 7.17. The molecule has 0 aromatic heterocycles. The highest BCUT2D eigenvalue weighted by molar-refractivity contribution is 5.88. The van der Waals surface area contributed by atoms with E-state index in [2.05, 4.69) is 6.58 Å². The lowest BCUT2D eigenvalue weighted by atomic mass is 9.96. The van der Waals surface area contributed by atoms with E-state index in [1.165, 1.54) is 0 Å². The van der Waals surface area contributed by atoms with Crippen molar-refractivity contribution in [3.05, 3.63) is 12.2 Å². The van der Waals surface area contributed by atoms with Crippen molar-refractivity contribution in [2.45, 2.75) is 26.2 Å². The molecule has 0 saturated heterocycles. The molecule has 80 valence electrons. The number of hydrogen-bond acceptors (Lipinski definition) is 4. The highest BCUT2D eigenvalue weighted by Crippen LogP contribution is 2.17. The molecule has 0 aliphatic rings. The van der Waals surface area contributed by atoms with Gasteiger partial charge >= 0.3 is 5.97 Å². The fraction of sp³-hybridized carbons (Fsp3) is 0.545. The SMILES string of the molecule is C=C(C(=O)OCC)C(C#N)CCCC#N. The molecule has 0 radical (unpaired) electrons. The number of carbonyl (C=O) groups excluding carboxylic acids is 1. The zero-order valence-electron chi connectivity index (χ0n) is 8.82. The molecule has 0 saturated carbocycles. The van der Waals surface area contributed by atoms with Crippen molar-refractivity contribution >= 4 is 5.97 Å². The van der Waals surface area contributed by atoms with Gasteiger partial charge in [-0.15, -0.1) is 0 Å². The lowest BCUT2D eigenvalue weighted by Crippen LogP contribution is -2.14. The quantitative estimate of drug-likeness (QED) is 0.378. The van der Waals surface area contributed by atoms with Gasteiger partial charge < -0.3 is 4.74 Å². The molecule has 1 atom stereocenters. The Morgan fingerprint density at radius 2 is 2.20 bits per heavy atom. The number of hydrogen-bond donors (Lipinski definition) is 0. The summed E-state index contributed by atoms with van der Waals surface area (Å²) in [5, 5.41) is 17.1. The van der Waals surface area contributed by atoms with Crippen LogP contribution in [0.3, 0.4) is 0 Å². The maximum atomic E-state index is 11.2. The highest BCUT2D eigenvalue weighted by Gasteiger charge is 2.19. The number of carbonyl (C=O) groups is 1. The molecule has 0 aliphatic heterocycles. The molecule has 0 N–H and O–H groups in total. The van der Waals surface area contributed by atoms with E-state index in [4.69, 9.17) is 15.3 Å². The fourth-order valence-corrected chi connectivity index (χ4v) is 1.07. The van der Waals surface area contributed by atoms with Crippen LogP contribution in [0.4, 0.5) is 0 Å². The van der Waals surface area contributed by atoms with E-state index < -0.39 is 11.9 Å². The Morgan fingerprint density at radius 3 is 2.67 bits per heavy atom. The summed E-state index contributed by atoms with van der Waals surface area (Å²) in [5.41, 5.74) is 0.178. The van der Waals surface area contributed by atoms with Gasteiger partial charge in [0.05, 0.1) is 24.7 Å². The molecule has 1 unspecified atom stereocenters. The zero-order valence-corrected chi connectivity index (χ0v) is 8.82. The Hall–Kier alpha value is -1.81. The third-order valence-corrected chi connectivity index (χ3v) is 1.90. The van der Waals surface area contributed by atoms with Crippen LogP contribution in [0.2, 0.25) is 0 Å². The van der Waals surface area contributed by atoms with Crippen molar-refractivity contribution in [2.75, 3.05) is 6.61 Å². The molecule has 0 aromatic rings. The Bertz CT molecular complexity index is 310. The van der Waals surface area contributed by atoms with Gasteiger partial charge in [-0.05, 0) is 19.8 Å². The van der Waals surface area contributed by atoms with Crippen molar-refractivity contribution in [2.24, 2.45) is 5.92 Å². The van der Waals surface area contributed by atoms with Gasteiger partial charge in [0, 0.05) is 12.0 Å². The molecule has 0 fully saturated rings. The van der Waals surface area contributed by atoms with E-state index in [-0.39, 0.29) is 12.2 Å². The summed E-state index contributed by atoms with van der Waals surface area (Å²) in [7, 11) is 0. The van der Waals surface area contributed by atoms with Crippen LogP contribution in [0.15, 0.2) is 12.2 Å².